The number of carbonyl (C=O) groups excluding carboxylic acids is 1. The summed E-state index contributed by atoms with van der Waals surface area (Å²) in [5, 5.41) is 0.829. The van der Waals surface area contributed by atoms with Crippen LogP contribution in [-0.4, -0.2) is 33.6 Å². The van der Waals surface area contributed by atoms with Crippen LogP contribution < -0.4 is 0 Å². The van der Waals surface area contributed by atoms with Gasteiger partial charge < -0.3 is 4.57 Å². The molecule has 1 amide bonds. The summed E-state index contributed by atoms with van der Waals surface area (Å²) >= 11 is 7.35. The first-order valence-electron chi connectivity index (χ1n) is 8.77. The topological polar surface area (TPSA) is 37.6 Å². The number of likely N-dealkylation sites (N-methyl/N-ethyl adjacent to an activating group) is 1. The Morgan fingerprint density at radius 2 is 2.00 bits per heavy atom. The number of amidine groups is 1. The number of thioether (sulfide) groups is 1. The van der Waals surface area contributed by atoms with Gasteiger partial charge in [-0.05, 0) is 75.4 Å². The second-order valence-corrected chi connectivity index (χ2v) is 7.59. The maximum absolute atomic E-state index is 13.5. The van der Waals surface area contributed by atoms with Crippen molar-refractivity contribution >= 4 is 40.5 Å². The van der Waals surface area contributed by atoms with Gasteiger partial charge >= 0.3 is 0 Å². The highest BCUT2D eigenvalue weighted by molar-refractivity contribution is 8.18. The predicted molar refractivity (Wildman–Crippen MR) is 111 cm³/mol. The van der Waals surface area contributed by atoms with E-state index in [1.54, 1.807) is 17.0 Å². The number of rotatable bonds is 4. The molecule has 0 spiro atoms. The molecule has 1 aromatic carbocycles. The summed E-state index contributed by atoms with van der Waals surface area (Å²) in [5.74, 6) is -0.468. The number of benzene rings is 1. The van der Waals surface area contributed by atoms with Crippen molar-refractivity contribution in [3.8, 4) is 5.69 Å². The lowest BCUT2D eigenvalue weighted by Crippen LogP contribution is -2.28. The average molecular weight is 406 g/mol. The minimum absolute atomic E-state index is 0.0238. The Morgan fingerprint density at radius 3 is 2.63 bits per heavy atom. The van der Waals surface area contributed by atoms with E-state index in [9.17, 15) is 9.18 Å². The van der Waals surface area contributed by atoms with Crippen molar-refractivity contribution in [2.24, 2.45) is 4.99 Å². The SMILES string of the molecule is CCN=C1S/C(=C/c2cc(C)n(-c3ccc(F)c(Cl)c3)c2C)C(=O)N1CC. The summed E-state index contributed by atoms with van der Waals surface area (Å²) in [5.41, 5.74) is 3.67. The van der Waals surface area contributed by atoms with Gasteiger partial charge in [-0.25, -0.2) is 4.39 Å². The molecule has 7 heteroatoms. The summed E-state index contributed by atoms with van der Waals surface area (Å²) in [6.45, 7) is 9.07. The van der Waals surface area contributed by atoms with Crippen molar-refractivity contribution in [1.29, 1.82) is 0 Å². The molecule has 0 radical (unpaired) electrons. The summed E-state index contributed by atoms with van der Waals surface area (Å²) in [6.07, 6.45) is 1.90. The molecule has 1 aliphatic rings. The number of carbonyl (C=O) groups is 1. The van der Waals surface area contributed by atoms with Gasteiger partial charge in [-0.3, -0.25) is 14.7 Å². The van der Waals surface area contributed by atoms with Gasteiger partial charge in [-0.15, -0.1) is 0 Å². The molecule has 1 saturated heterocycles. The lowest BCUT2D eigenvalue weighted by atomic mass is 10.2. The Morgan fingerprint density at radius 1 is 1.26 bits per heavy atom. The fourth-order valence-electron chi connectivity index (χ4n) is 3.14. The van der Waals surface area contributed by atoms with Gasteiger partial charge in [0, 0.05) is 30.2 Å². The molecule has 0 N–H and O–H groups in total. The Kier molecular flexibility index (Phi) is 5.77. The van der Waals surface area contributed by atoms with Crippen molar-refractivity contribution in [1.82, 2.24) is 9.47 Å². The zero-order valence-electron chi connectivity index (χ0n) is 15.7. The smallest absolute Gasteiger partial charge is 0.266 e. The number of halogens is 2. The standard InChI is InChI=1S/C20H21ClFN3OS/c1-5-23-20-24(6-2)19(26)18(27-20)10-14-9-12(3)25(13(14)4)15-7-8-17(22)16(21)11-15/h7-11H,5-6H2,1-4H3/b18-10+,23-20?. The van der Waals surface area contributed by atoms with Crippen LogP contribution in [0.4, 0.5) is 4.39 Å². The highest BCUT2D eigenvalue weighted by atomic mass is 35.5. The molecule has 3 rings (SSSR count). The molecule has 27 heavy (non-hydrogen) atoms. The molecule has 1 fully saturated rings. The van der Waals surface area contributed by atoms with Crippen LogP contribution in [0.25, 0.3) is 11.8 Å². The third-order valence-corrected chi connectivity index (χ3v) is 5.75. The van der Waals surface area contributed by atoms with E-state index < -0.39 is 5.82 Å². The number of hydrogen-bond donors (Lipinski definition) is 0. The highest BCUT2D eigenvalue weighted by Gasteiger charge is 2.32. The molecular weight excluding hydrogens is 385 g/mol. The number of aryl methyl sites for hydroxylation is 1. The summed E-state index contributed by atoms with van der Waals surface area (Å²) in [7, 11) is 0. The van der Waals surface area contributed by atoms with Gasteiger partial charge in [-0.2, -0.15) is 0 Å². The average Bonchev–Trinajstić information content (AvgIpc) is 3.07. The van der Waals surface area contributed by atoms with Crippen molar-refractivity contribution in [2.45, 2.75) is 27.7 Å². The van der Waals surface area contributed by atoms with Gasteiger partial charge in [0.25, 0.3) is 5.91 Å². The van der Waals surface area contributed by atoms with Crippen molar-refractivity contribution in [3.05, 3.63) is 57.0 Å². The lowest BCUT2D eigenvalue weighted by molar-refractivity contribution is -0.122. The third-order valence-electron chi connectivity index (χ3n) is 4.42. The molecule has 1 aromatic heterocycles. The zero-order valence-corrected chi connectivity index (χ0v) is 17.3. The van der Waals surface area contributed by atoms with Crippen LogP contribution >= 0.6 is 23.4 Å². The molecule has 0 aliphatic carbocycles. The Hall–Kier alpha value is -2.05. The van der Waals surface area contributed by atoms with Gasteiger partial charge in [0.2, 0.25) is 0 Å². The van der Waals surface area contributed by atoms with E-state index in [1.807, 2.05) is 44.4 Å². The first-order valence-corrected chi connectivity index (χ1v) is 9.97. The maximum Gasteiger partial charge on any atom is 0.266 e. The van der Waals surface area contributed by atoms with Crippen LogP contribution in [0, 0.1) is 19.7 Å². The Balaban J connectivity index is 2.02. The van der Waals surface area contributed by atoms with Crippen LogP contribution in [0.3, 0.4) is 0 Å². The molecule has 142 valence electrons. The number of aliphatic imine (C=N–C) groups is 1. The van der Waals surface area contributed by atoms with Crippen LogP contribution in [0.15, 0.2) is 34.2 Å². The Bertz CT molecular complexity index is 964. The van der Waals surface area contributed by atoms with Crippen molar-refractivity contribution in [3.63, 3.8) is 0 Å². The molecule has 2 aromatic rings. The van der Waals surface area contributed by atoms with Crippen LogP contribution in [-0.2, 0) is 4.79 Å². The number of amides is 1. The van der Waals surface area contributed by atoms with Crippen molar-refractivity contribution in [2.75, 3.05) is 13.1 Å². The molecular formula is C20H21ClFN3OS. The van der Waals surface area contributed by atoms with Crippen LogP contribution in [0.1, 0.15) is 30.8 Å². The second kappa shape index (κ2) is 7.90. The first-order chi connectivity index (χ1) is 12.9. The molecule has 0 bridgehead atoms. The fraction of sp³-hybridized carbons (Fsp3) is 0.300. The maximum atomic E-state index is 13.5. The first kappa shape index (κ1) is 19.7. The molecule has 0 saturated carbocycles. The van der Waals surface area contributed by atoms with Gasteiger partial charge in [0.1, 0.15) is 5.82 Å². The lowest BCUT2D eigenvalue weighted by Gasteiger charge is -2.11. The largest absolute Gasteiger partial charge is 0.318 e. The zero-order chi connectivity index (χ0) is 19.7. The number of hydrogen-bond acceptors (Lipinski definition) is 3. The third kappa shape index (κ3) is 3.69. The molecule has 4 nitrogen and oxygen atoms in total. The minimum Gasteiger partial charge on any atom is -0.318 e. The predicted octanol–water partition coefficient (Wildman–Crippen LogP) is 5.20. The van der Waals surface area contributed by atoms with E-state index in [0.717, 1.165) is 27.8 Å². The van der Waals surface area contributed by atoms with E-state index in [0.29, 0.717) is 18.0 Å². The van der Waals surface area contributed by atoms with Crippen LogP contribution in [0.2, 0.25) is 5.02 Å². The molecule has 0 atom stereocenters. The minimum atomic E-state index is -0.444. The normalized spacial score (nSPS) is 17.6. The van der Waals surface area contributed by atoms with E-state index in [-0.39, 0.29) is 10.9 Å². The number of nitrogens with zero attached hydrogens (tertiary/aromatic N) is 3. The summed E-state index contributed by atoms with van der Waals surface area (Å²) in [4.78, 5) is 19.4. The quantitative estimate of drug-likeness (QED) is 0.655. The molecule has 2 heterocycles. The van der Waals surface area contributed by atoms with Crippen molar-refractivity contribution < 1.29 is 9.18 Å². The summed E-state index contributed by atoms with van der Waals surface area (Å²) < 4.78 is 15.5. The Labute approximate surface area is 167 Å². The second-order valence-electron chi connectivity index (χ2n) is 6.18. The van der Waals surface area contributed by atoms with Crippen LogP contribution in [0.5, 0.6) is 0 Å². The van der Waals surface area contributed by atoms with E-state index >= 15 is 0 Å². The van der Waals surface area contributed by atoms with Gasteiger partial charge in [0.15, 0.2) is 5.17 Å². The highest BCUT2D eigenvalue weighted by Crippen LogP contribution is 2.34. The molecule has 0 unspecified atom stereocenters. The van der Waals surface area contributed by atoms with E-state index in [1.165, 1.54) is 17.8 Å². The molecule has 1 aliphatic heterocycles. The summed E-state index contributed by atoms with van der Waals surface area (Å²) in [6, 6.07) is 6.67. The fourth-order valence-corrected chi connectivity index (χ4v) is 4.41. The van der Waals surface area contributed by atoms with E-state index in [2.05, 4.69) is 4.99 Å². The number of aromatic nitrogens is 1. The van der Waals surface area contributed by atoms with E-state index in [4.69, 9.17) is 11.6 Å². The monoisotopic (exact) mass is 405 g/mol. The van der Waals surface area contributed by atoms with Gasteiger partial charge in [0.05, 0.1) is 9.93 Å². The van der Waals surface area contributed by atoms with Gasteiger partial charge in [-0.1, -0.05) is 11.6 Å².